The molecule has 0 aromatic heterocycles. The summed E-state index contributed by atoms with van der Waals surface area (Å²) in [5.74, 6) is -1.50. The number of hydrogen-bond donors (Lipinski definition) is 2. The Balaban J connectivity index is 2.65. The molecule has 2 amide bonds. The molecule has 1 unspecified atom stereocenters. The highest BCUT2D eigenvalue weighted by Crippen LogP contribution is 2.40. The number of amides is 2. The van der Waals surface area contributed by atoms with Gasteiger partial charge in [0, 0.05) is 27.1 Å². The first kappa shape index (κ1) is 17.5. The topological polar surface area (TPSA) is 86.7 Å². The van der Waals surface area contributed by atoms with Gasteiger partial charge >= 0.3 is 5.97 Å². The quantitative estimate of drug-likeness (QED) is 0.772. The van der Waals surface area contributed by atoms with Crippen molar-refractivity contribution in [3.8, 4) is 0 Å². The maximum absolute atomic E-state index is 12.3. The van der Waals surface area contributed by atoms with E-state index in [2.05, 4.69) is 5.32 Å². The van der Waals surface area contributed by atoms with Crippen molar-refractivity contribution < 1.29 is 19.5 Å². The Morgan fingerprint density at radius 3 is 2.29 bits per heavy atom. The smallest absolute Gasteiger partial charge is 0.310 e. The minimum Gasteiger partial charge on any atom is -0.481 e. The molecule has 0 aromatic carbocycles. The molecule has 0 aliphatic heterocycles. The standard InChI is InChI=1S/C15H26N2O4/c1-11(13(19)16-2)10-17(3)12(18)9-15(14(20)21)7-5-4-6-8-15/h11H,4-10H2,1-3H3,(H,16,19)(H,20,21). The van der Waals surface area contributed by atoms with Crippen molar-refractivity contribution in [2.45, 2.75) is 45.4 Å². The van der Waals surface area contributed by atoms with Gasteiger partial charge in [-0.2, -0.15) is 0 Å². The maximum Gasteiger partial charge on any atom is 0.310 e. The van der Waals surface area contributed by atoms with Crippen molar-refractivity contribution in [1.29, 1.82) is 0 Å². The highest BCUT2D eigenvalue weighted by atomic mass is 16.4. The van der Waals surface area contributed by atoms with Crippen LogP contribution in [0, 0.1) is 11.3 Å². The zero-order valence-electron chi connectivity index (χ0n) is 13.1. The molecule has 6 nitrogen and oxygen atoms in total. The van der Waals surface area contributed by atoms with Gasteiger partial charge in [-0.25, -0.2) is 0 Å². The second kappa shape index (κ2) is 7.43. The average Bonchev–Trinajstić information content (AvgIpc) is 2.46. The van der Waals surface area contributed by atoms with E-state index in [9.17, 15) is 19.5 Å². The number of carbonyl (C=O) groups excluding carboxylic acids is 2. The number of hydrogen-bond acceptors (Lipinski definition) is 3. The molecule has 1 aliphatic rings. The molecule has 0 radical (unpaired) electrons. The van der Waals surface area contributed by atoms with E-state index in [0.717, 1.165) is 19.3 Å². The lowest BCUT2D eigenvalue weighted by molar-refractivity contribution is -0.156. The summed E-state index contributed by atoms with van der Waals surface area (Å²) in [7, 11) is 3.18. The molecule has 0 saturated heterocycles. The molecular weight excluding hydrogens is 272 g/mol. The number of carbonyl (C=O) groups is 3. The van der Waals surface area contributed by atoms with Crippen molar-refractivity contribution in [2.24, 2.45) is 11.3 Å². The first-order valence-corrected chi connectivity index (χ1v) is 7.51. The molecule has 1 rings (SSSR count). The van der Waals surface area contributed by atoms with E-state index in [4.69, 9.17) is 0 Å². The molecule has 6 heteroatoms. The van der Waals surface area contributed by atoms with Gasteiger partial charge in [0.2, 0.25) is 11.8 Å². The number of nitrogens with one attached hydrogen (secondary N) is 1. The molecule has 0 bridgehead atoms. The summed E-state index contributed by atoms with van der Waals surface area (Å²) in [5, 5.41) is 12.0. The second-order valence-electron chi connectivity index (χ2n) is 6.11. The molecule has 1 aliphatic carbocycles. The minimum atomic E-state index is -0.917. The third kappa shape index (κ3) is 4.44. The lowest BCUT2D eigenvalue weighted by atomic mass is 9.71. The van der Waals surface area contributed by atoms with Crippen LogP contribution < -0.4 is 5.32 Å². The third-order valence-electron chi connectivity index (χ3n) is 4.42. The Labute approximate surface area is 125 Å². The molecule has 0 aromatic rings. The van der Waals surface area contributed by atoms with Gasteiger partial charge in [0.15, 0.2) is 0 Å². The first-order valence-electron chi connectivity index (χ1n) is 7.51. The SMILES string of the molecule is CNC(=O)C(C)CN(C)C(=O)CC1(C(=O)O)CCCCC1. The first-order chi connectivity index (χ1) is 9.82. The number of nitrogens with zero attached hydrogens (tertiary/aromatic N) is 1. The van der Waals surface area contributed by atoms with Crippen molar-refractivity contribution in [1.82, 2.24) is 10.2 Å². The van der Waals surface area contributed by atoms with Gasteiger partial charge in [-0.15, -0.1) is 0 Å². The van der Waals surface area contributed by atoms with E-state index in [-0.39, 0.29) is 24.2 Å². The van der Waals surface area contributed by atoms with E-state index < -0.39 is 11.4 Å². The van der Waals surface area contributed by atoms with E-state index in [1.54, 1.807) is 21.0 Å². The summed E-state index contributed by atoms with van der Waals surface area (Å²) in [6.45, 7) is 2.05. The van der Waals surface area contributed by atoms with Gasteiger partial charge in [0.05, 0.1) is 11.3 Å². The Kier molecular flexibility index (Phi) is 6.18. The van der Waals surface area contributed by atoms with Crippen LogP contribution in [0.3, 0.4) is 0 Å². The van der Waals surface area contributed by atoms with Crippen molar-refractivity contribution in [3.05, 3.63) is 0 Å². The number of rotatable bonds is 6. The molecule has 1 fully saturated rings. The fourth-order valence-corrected chi connectivity index (χ4v) is 2.96. The van der Waals surface area contributed by atoms with E-state index in [1.165, 1.54) is 4.90 Å². The number of carboxylic acids is 1. The van der Waals surface area contributed by atoms with Crippen LogP contribution in [0.1, 0.15) is 45.4 Å². The molecule has 2 N–H and O–H groups in total. The largest absolute Gasteiger partial charge is 0.481 e. The summed E-state index contributed by atoms with van der Waals surface area (Å²) in [6, 6.07) is 0. The minimum absolute atomic E-state index is 0.0271. The number of carboxylic acid groups (broad SMARTS) is 1. The zero-order chi connectivity index (χ0) is 16.0. The summed E-state index contributed by atoms with van der Waals surface area (Å²) in [4.78, 5) is 36.8. The Hall–Kier alpha value is -1.59. The molecular formula is C15H26N2O4. The van der Waals surface area contributed by atoms with Crippen LogP contribution in [-0.4, -0.2) is 48.4 Å². The maximum atomic E-state index is 12.3. The summed E-state index contributed by atoms with van der Waals surface area (Å²) < 4.78 is 0. The lowest BCUT2D eigenvalue weighted by Gasteiger charge is -2.34. The van der Waals surface area contributed by atoms with Crippen molar-refractivity contribution in [2.75, 3.05) is 20.6 Å². The van der Waals surface area contributed by atoms with E-state index in [1.807, 2.05) is 0 Å². The summed E-state index contributed by atoms with van der Waals surface area (Å²) in [5.41, 5.74) is -0.917. The van der Waals surface area contributed by atoms with Crippen LogP contribution in [0.25, 0.3) is 0 Å². The van der Waals surface area contributed by atoms with Crippen LogP contribution >= 0.6 is 0 Å². The van der Waals surface area contributed by atoms with Gasteiger partial charge in [0.25, 0.3) is 0 Å². The van der Waals surface area contributed by atoms with Crippen molar-refractivity contribution >= 4 is 17.8 Å². The van der Waals surface area contributed by atoms with Crippen LogP contribution in [0.4, 0.5) is 0 Å². The van der Waals surface area contributed by atoms with Crippen LogP contribution in [0.5, 0.6) is 0 Å². The number of aliphatic carboxylic acids is 1. The van der Waals surface area contributed by atoms with E-state index >= 15 is 0 Å². The van der Waals surface area contributed by atoms with Gasteiger partial charge in [0.1, 0.15) is 0 Å². The van der Waals surface area contributed by atoms with Crippen LogP contribution in [-0.2, 0) is 14.4 Å². The lowest BCUT2D eigenvalue weighted by Crippen LogP contribution is -2.42. The molecule has 21 heavy (non-hydrogen) atoms. The van der Waals surface area contributed by atoms with Gasteiger partial charge < -0.3 is 15.3 Å². The fourth-order valence-electron chi connectivity index (χ4n) is 2.96. The Morgan fingerprint density at radius 2 is 1.81 bits per heavy atom. The Bertz CT molecular complexity index is 402. The fraction of sp³-hybridized carbons (Fsp3) is 0.800. The highest BCUT2D eigenvalue weighted by Gasteiger charge is 2.42. The van der Waals surface area contributed by atoms with Crippen LogP contribution in [0.15, 0.2) is 0 Å². The van der Waals surface area contributed by atoms with Crippen molar-refractivity contribution in [3.63, 3.8) is 0 Å². The second-order valence-corrected chi connectivity index (χ2v) is 6.11. The zero-order valence-corrected chi connectivity index (χ0v) is 13.1. The third-order valence-corrected chi connectivity index (χ3v) is 4.42. The predicted octanol–water partition coefficient (Wildman–Crippen LogP) is 1.25. The molecule has 0 heterocycles. The van der Waals surface area contributed by atoms with Gasteiger partial charge in [-0.05, 0) is 12.8 Å². The van der Waals surface area contributed by atoms with Gasteiger partial charge in [-0.3, -0.25) is 14.4 Å². The Morgan fingerprint density at radius 1 is 1.24 bits per heavy atom. The average molecular weight is 298 g/mol. The normalized spacial score (nSPS) is 18.6. The highest BCUT2D eigenvalue weighted by molar-refractivity contribution is 5.85. The summed E-state index contributed by atoms with van der Waals surface area (Å²) >= 11 is 0. The molecule has 1 atom stereocenters. The van der Waals surface area contributed by atoms with Crippen LogP contribution in [0.2, 0.25) is 0 Å². The molecule has 0 spiro atoms. The monoisotopic (exact) mass is 298 g/mol. The molecule has 1 saturated carbocycles. The molecule has 120 valence electrons. The van der Waals surface area contributed by atoms with E-state index in [0.29, 0.717) is 19.4 Å². The predicted molar refractivity (Wildman–Crippen MR) is 78.6 cm³/mol. The summed E-state index contributed by atoms with van der Waals surface area (Å²) in [6.07, 6.45) is 3.90. The van der Waals surface area contributed by atoms with Gasteiger partial charge in [-0.1, -0.05) is 26.2 Å².